The molecule has 1 heterocycles. The number of nitrogens with zero attached hydrogens (tertiary/aromatic N) is 2. The molecule has 5 nitrogen and oxygen atoms in total. The molecule has 1 aliphatic rings. The van der Waals surface area contributed by atoms with Gasteiger partial charge in [0, 0.05) is 44.2 Å². The van der Waals surface area contributed by atoms with Gasteiger partial charge in [-0.1, -0.05) is 69.3 Å². The highest BCUT2D eigenvalue weighted by molar-refractivity contribution is 5.93. The van der Waals surface area contributed by atoms with Crippen molar-refractivity contribution in [2.24, 2.45) is 5.92 Å². The number of carbonyl (C=O) groups is 2. The van der Waals surface area contributed by atoms with E-state index in [-0.39, 0.29) is 24.0 Å². The van der Waals surface area contributed by atoms with Crippen molar-refractivity contribution in [3.05, 3.63) is 66.2 Å². The van der Waals surface area contributed by atoms with E-state index in [4.69, 9.17) is 4.74 Å². The van der Waals surface area contributed by atoms with Crippen molar-refractivity contribution >= 4 is 17.6 Å². The zero-order valence-electron chi connectivity index (χ0n) is 18.9. The first-order valence-electron chi connectivity index (χ1n) is 11.4. The van der Waals surface area contributed by atoms with Gasteiger partial charge in [-0.2, -0.15) is 0 Å². The average molecular weight is 423 g/mol. The lowest BCUT2D eigenvalue weighted by atomic mass is 9.91. The summed E-state index contributed by atoms with van der Waals surface area (Å²) in [6.45, 7) is 8.34. The second kappa shape index (κ2) is 11.1. The molecular formula is C26H34N2O3. The minimum atomic E-state index is -0.278. The van der Waals surface area contributed by atoms with Crippen molar-refractivity contribution in [3.8, 4) is 0 Å². The zero-order chi connectivity index (χ0) is 22.2. The molecule has 0 spiro atoms. The van der Waals surface area contributed by atoms with Gasteiger partial charge in [0.15, 0.2) is 0 Å². The molecule has 1 amide bonds. The van der Waals surface area contributed by atoms with Crippen LogP contribution < -0.4 is 4.90 Å². The van der Waals surface area contributed by atoms with Crippen LogP contribution in [0.5, 0.6) is 0 Å². The van der Waals surface area contributed by atoms with Gasteiger partial charge >= 0.3 is 5.97 Å². The summed E-state index contributed by atoms with van der Waals surface area (Å²) in [7, 11) is 0. The third kappa shape index (κ3) is 5.95. The van der Waals surface area contributed by atoms with Crippen LogP contribution in [-0.2, 0) is 14.3 Å². The number of piperidine rings is 1. The number of rotatable bonds is 8. The highest BCUT2D eigenvalue weighted by Gasteiger charge is 2.34. The normalized spacial score (nSPS) is 20.1. The van der Waals surface area contributed by atoms with Gasteiger partial charge in [0.1, 0.15) is 6.10 Å². The molecule has 1 aliphatic heterocycles. The SMILES string of the molecule is CCC(=O)O[C@H](CN1CC[C@H](N(C(=O)CC)c2ccccc2)[C@H](C)C1)c1ccccc1. The molecule has 3 atom stereocenters. The molecule has 0 saturated carbocycles. The van der Waals surface area contributed by atoms with E-state index in [1.54, 1.807) is 0 Å². The molecule has 2 aromatic rings. The van der Waals surface area contributed by atoms with Crippen LogP contribution in [0, 0.1) is 5.92 Å². The molecule has 0 radical (unpaired) electrons. The third-order valence-electron chi connectivity index (χ3n) is 6.04. The lowest BCUT2D eigenvalue weighted by Gasteiger charge is -2.43. The monoisotopic (exact) mass is 422 g/mol. The van der Waals surface area contributed by atoms with Crippen LogP contribution in [0.1, 0.15) is 51.7 Å². The van der Waals surface area contributed by atoms with E-state index in [1.165, 1.54) is 0 Å². The fourth-order valence-electron chi connectivity index (χ4n) is 4.40. The van der Waals surface area contributed by atoms with Crippen LogP contribution >= 0.6 is 0 Å². The van der Waals surface area contributed by atoms with Crippen molar-refractivity contribution in [3.63, 3.8) is 0 Å². The Balaban J connectivity index is 1.71. The molecule has 0 bridgehead atoms. The van der Waals surface area contributed by atoms with Crippen LogP contribution in [0.3, 0.4) is 0 Å². The molecule has 0 aromatic heterocycles. The molecule has 1 saturated heterocycles. The number of amides is 1. The lowest BCUT2D eigenvalue weighted by molar-refractivity contribution is -0.150. The number of anilines is 1. The zero-order valence-corrected chi connectivity index (χ0v) is 18.9. The Kier molecular flexibility index (Phi) is 8.24. The Morgan fingerprint density at radius 3 is 2.26 bits per heavy atom. The lowest BCUT2D eigenvalue weighted by Crippen LogP contribution is -2.53. The van der Waals surface area contributed by atoms with Crippen LogP contribution in [0.2, 0.25) is 0 Å². The standard InChI is InChI=1S/C26H34N2O3/c1-4-25(29)28(22-14-10-7-11-15-22)23-16-17-27(18-20(23)3)19-24(31-26(30)5-2)21-12-8-6-9-13-21/h6-15,20,23-24H,4-5,16-19H2,1-3H3/t20-,23+,24-/m1/s1. The van der Waals surface area contributed by atoms with Gasteiger partial charge in [-0.05, 0) is 30.0 Å². The van der Waals surface area contributed by atoms with Crippen LogP contribution in [0.4, 0.5) is 5.69 Å². The van der Waals surface area contributed by atoms with Crippen LogP contribution in [0.15, 0.2) is 60.7 Å². The quantitative estimate of drug-likeness (QED) is 0.572. The largest absolute Gasteiger partial charge is 0.456 e. The van der Waals surface area contributed by atoms with Gasteiger partial charge in [0.05, 0.1) is 0 Å². The predicted octanol–water partition coefficient (Wildman–Crippen LogP) is 4.83. The first-order valence-corrected chi connectivity index (χ1v) is 11.4. The fourth-order valence-corrected chi connectivity index (χ4v) is 4.40. The molecule has 166 valence electrons. The molecular weight excluding hydrogens is 388 g/mol. The number of para-hydroxylation sites is 1. The number of carbonyl (C=O) groups excluding carboxylic acids is 2. The van der Waals surface area contributed by atoms with Crippen molar-refractivity contribution in [2.75, 3.05) is 24.5 Å². The highest BCUT2D eigenvalue weighted by atomic mass is 16.5. The predicted molar refractivity (Wildman–Crippen MR) is 124 cm³/mol. The summed E-state index contributed by atoms with van der Waals surface area (Å²) in [5, 5.41) is 0. The van der Waals surface area contributed by atoms with Crippen molar-refractivity contribution in [1.82, 2.24) is 4.90 Å². The number of benzene rings is 2. The van der Waals surface area contributed by atoms with Crippen LogP contribution in [-0.4, -0.2) is 42.5 Å². The Morgan fingerprint density at radius 2 is 1.68 bits per heavy atom. The van der Waals surface area contributed by atoms with Gasteiger partial charge in [0.25, 0.3) is 0 Å². The van der Waals surface area contributed by atoms with Gasteiger partial charge in [-0.25, -0.2) is 0 Å². The molecule has 2 aromatic carbocycles. The molecule has 3 rings (SSSR count). The summed E-state index contributed by atoms with van der Waals surface area (Å²) in [5.74, 6) is 0.291. The van der Waals surface area contributed by atoms with Gasteiger partial charge in [-0.15, -0.1) is 0 Å². The van der Waals surface area contributed by atoms with E-state index >= 15 is 0 Å². The van der Waals surface area contributed by atoms with E-state index in [2.05, 4.69) is 11.8 Å². The fraction of sp³-hybridized carbons (Fsp3) is 0.462. The maximum Gasteiger partial charge on any atom is 0.306 e. The topological polar surface area (TPSA) is 49.9 Å². The Bertz CT molecular complexity index is 840. The summed E-state index contributed by atoms with van der Waals surface area (Å²) >= 11 is 0. The summed E-state index contributed by atoms with van der Waals surface area (Å²) in [6, 6.07) is 20.1. The molecule has 0 aliphatic carbocycles. The van der Waals surface area contributed by atoms with Crippen LogP contribution in [0.25, 0.3) is 0 Å². The summed E-state index contributed by atoms with van der Waals surface area (Å²) in [4.78, 5) is 29.2. The number of esters is 1. The number of ether oxygens (including phenoxy) is 1. The highest BCUT2D eigenvalue weighted by Crippen LogP contribution is 2.29. The van der Waals surface area contributed by atoms with Crippen molar-refractivity contribution in [2.45, 2.75) is 52.2 Å². The van der Waals surface area contributed by atoms with Gasteiger partial charge < -0.3 is 9.64 Å². The Labute approximate surface area is 186 Å². The summed E-state index contributed by atoms with van der Waals surface area (Å²) < 4.78 is 5.78. The smallest absolute Gasteiger partial charge is 0.306 e. The maximum atomic E-state index is 12.8. The van der Waals surface area contributed by atoms with E-state index in [9.17, 15) is 9.59 Å². The molecule has 0 unspecified atom stereocenters. The van der Waals surface area contributed by atoms with E-state index < -0.39 is 0 Å². The molecule has 1 fully saturated rings. The van der Waals surface area contributed by atoms with Crippen molar-refractivity contribution < 1.29 is 14.3 Å². The maximum absolute atomic E-state index is 12.8. The second-order valence-corrected chi connectivity index (χ2v) is 8.29. The number of hydrogen-bond acceptors (Lipinski definition) is 4. The Hall–Kier alpha value is -2.66. The summed E-state index contributed by atoms with van der Waals surface area (Å²) in [5.41, 5.74) is 1.99. The van der Waals surface area contributed by atoms with Gasteiger partial charge in [0.2, 0.25) is 5.91 Å². The third-order valence-corrected chi connectivity index (χ3v) is 6.04. The first kappa shape index (κ1) is 23.0. The number of hydrogen-bond donors (Lipinski definition) is 0. The minimum Gasteiger partial charge on any atom is -0.456 e. The molecule has 0 N–H and O–H groups in total. The summed E-state index contributed by atoms with van der Waals surface area (Å²) in [6.07, 6.45) is 1.47. The van der Waals surface area contributed by atoms with Crippen molar-refractivity contribution in [1.29, 1.82) is 0 Å². The van der Waals surface area contributed by atoms with E-state index in [0.29, 0.717) is 25.3 Å². The van der Waals surface area contributed by atoms with Gasteiger partial charge in [-0.3, -0.25) is 14.5 Å². The van der Waals surface area contributed by atoms with E-state index in [1.807, 2.05) is 79.4 Å². The average Bonchev–Trinajstić information content (AvgIpc) is 2.81. The molecule has 5 heteroatoms. The minimum absolute atomic E-state index is 0.163. The number of likely N-dealkylation sites (tertiary alicyclic amines) is 1. The first-order chi connectivity index (χ1) is 15.0. The second-order valence-electron chi connectivity index (χ2n) is 8.29. The van der Waals surface area contributed by atoms with E-state index in [0.717, 1.165) is 30.8 Å². The Morgan fingerprint density at radius 1 is 1.03 bits per heavy atom. The molecule has 31 heavy (non-hydrogen) atoms.